The van der Waals surface area contributed by atoms with Gasteiger partial charge in [0.05, 0.1) is 33.0 Å². The molecule has 1 aromatic carbocycles. The molecule has 110 valence electrons. The lowest BCUT2D eigenvalue weighted by molar-refractivity contribution is 0.0247. The largest absolute Gasteiger partial charge is 0.491 e. The molecule has 0 aliphatic carbocycles. The van der Waals surface area contributed by atoms with E-state index in [1.165, 1.54) is 6.42 Å². The summed E-state index contributed by atoms with van der Waals surface area (Å²) < 4.78 is 15.7. The average molecular weight is 270 g/mol. The Hall–Kier alpha value is -1.10. The van der Waals surface area contributed by atoms with Crippen molar-refractivity contribution in [1.29, 1.82) is 0 Å². The first-order chi connectivity index (χ1) is 9.35. The predicted octanol–water partition coefficient (Wildman–Crippen LogP) is 2.51. The first kappa shape index (κ1) is 17.9. The summed E-state index contributed by atoms with van der Waals surface area (Å²) in [7, 11) is 0. The highest BCUT2D eigenvalue weighted by Gasteiger charge is 1.92. The van der Waals surface area contributed by atoms with Crippen molar-refractivity contribution in [3.8, 4) is 5.75 Å². The molecule has 0 bridgehead atoms. The molecule has 19 heavy (non-hydrogen) atoms. The zero-order chi connectivity index (χ0) is 14.2. The Labute approximate surface area is 116 Å². The van der Waals surface area contributed by atoms with Crippen LogP contribution < -0.4 is 4.74 Å². The quantitative estimate of drug-likeness (QED) is 0.700. The molecule has 0 radical (unpaired) electrons. The van der Waals surface area contributed by atoms with Crippen molar-refractivity contribution in [2.45, 2.75) is 20.3 Å². The van der Waals surface area contributed by atoms with E-state index >= 15 is 0 Å². The smallest absolute Gasteiger partial charge is 0.119 e. The number of hydrogen-bond acceptors (Lipinski definition) is 4. The Balaban J connectivity index is 0.000000982. The van der Waals surface area contributed by atoms with Gasteiger partial charge in [-0.15, -0.1) is 0 Å². The van der Waals surface area contributed by atoms with Crippen LogP contribution in [0.1, 0.15) is 20.3 Å². The lowest BCUT2D eigenvalue weighted by Gasteiger charge is -2.07. The molecular formula is C15H26O4. The van der Waals surface area contributed by atoms with Gasteiger partial charge in [-0.05, 0) is 12.1 Å². The fourth-order valence-electron chi connectivity index (χ4n) is 1.12. The monoisotopic (exact) mass is 270 g/mol. The van der Waals surface area contributed by atoms with E-state index in [1.807, 2.05) is 30.3 Å². The molecule has 4 heteroatoms. The van der Waals surface area contributed by atoms with Crippen LogP contribution in [0.15, 0.2) is 30.3 Å². The van der Waals surface area contributed by atoms with Gasteiger partial charge in [0, 0.05) is 0 Å². The van der Waals surface area contributed by atoms with Gasteiger partial charge in [-0.1, -0.05) is 38.5 Å². The number of ether oxygens (including phenoxy) is 3. The van der Waals surface area contributed by atoms with Gasteiger partial charge in [0.1, 0.15) is 12.4 Å². The second-order valence-corrected chi connectivity index (χ2v) is 3.82. The third-order valence-corrected chi connectivity index (χ3v) is 1.85. The highest BCUT2D eigenvalue weighted by atomic mass is 16.5. The molecule has 0 amide bonds. The lowest BCUT2D eigenvalue weighted by Crippen LogP contribution is -2.11. The fourth-order valence-corrected chi connectivity index (χ4v) is 1.12. The summed E-state index contributed by atoms with van der Waals surface area (Å²) in [5.74, 6) is 0.850. The summed E-state index contributed by atoms with van der Waals surface area (Å²) in [4.78, 5) is 0. The maximum Gasteiger partial charge on any atom is 0.119 e. The number of rotatable bonds is 9. The molecule has 0 unspecified atom stereocenters. The molecule has 0 atom stereocenters. The third kappa shape index (κ3) is 13.1. The van der Waals surface area contributed by atoms with Gasteiger partial charge in [-0.25, -0.2) is 0 Å². The van der Waals surface area contributed by atoms with Crippen molar-refractivity contribution in [2.75, 3.05) is 39.6 Å². The summed E-state index contributed by atoms with van der Waals surface area (Å²) in [5.41, 5.74) is 0. The molecule has 0 saturated heterocycles. The van der Waals surface area contributed by atoms with Crippen LogP contribution in [0, 0.1) is 0 Å². The SMILES string of the molecule is CCC.OCCOCCOCCOc1ccccc1. The van der Waals surface area contributed by atoms with Crippen LogP contribution in [-0.2, 0) is 9.47 Å². The number of hydrogen-bond donors (Lipinski definition) is 1. The minimum atomic E-state index is 0.0527. The van der Waals surface area contributed by atoms with Crippen molar-refractivity contribution in [3.05, 3.63) is 30.3 Å². The number of aliphatic hydroxyl groups excluding tert-OH is 1. The van der Waals surface area contributed by atoms with Crippen molar-refractivity contribution >= 4 is 0 Å². The Bertz CT molecular complexity index is 264. The maximum atomic E-state index is 8.45. The highest BCUT2D eigenvalue weighted by molar-refractivity contribution is 5.20. The molecule has 0 aliphatic heterocycles. The van der Waals surface area contributed by atoms with Crippen LogP contribution >= 0.6 is 0 Å². The lowest BCUT2D eigenvalue weighted by atomic mass is 10.3. The summed E-state index contributed by atoms with van der Waals surface area (Å²) in [5, 5.41) is 8.45. The van der Waals surface area contributed by atoms with Crippen molar-refractivity contribution < 1.29 is 19.3 Å². The van der Waals surface area contributed by atoms with Gasteiger partial charge in [0.15, 0.2) is 0 Å². The van der Waals surface area contributed by atoms with E-state index in [2.05, 4.69) is 13.8 Å². The number of aliphatic hydroxyl groups is 1. The normalized spacial score (nSPS) is 9.63. The summed E-state index contributed by atoms with van der Waals surface area (Å²) >= 11 is 0. The van der Waals surface area contributed by atoms with Crippen molar-refractivity contribution in [1.82, 2.24) is 0 Å². The van der Waals surface area contributed by atoms with Crippen LogP contribution in [0.4, 0.5) is 0 Å². The van der Waals surface area contributed by atoms with Gasteiger partial charge < -0.3 is 19.3 Å². The molecule has 0 aliphatic rings. The minimum absolute atomic E-state index is 0.0527. The molecule has 0 spiro atoms. The number of benzene rings is 1. The van der Waals surface area contributed by atoms with E-state index in [1.54, 1.807) is 0 Å². The zero-order valence-corrected chi connectivity index (χ0v) is 12.0. The molecule has 1 N–H and O–H groups in total. The third-order valence-electron chi connectivity index (χ3n) is 1.85. The first-order valence-corrected chi connectivity index (χ1v) is 6.79. The Morgan fingerprint density at radius 3 is 1.95 bits per heavy atom. The second kappa shape index (κ2) is 15.0. The van der Waals surface area contributed by atoms with Gasteiger partial charge in [-0.3, -0.25) is 0 Å². The fraction of sp³-hybridized carbons (Fsp3) is 0.600. The van der Waals surface area contributed by atoms with Crippen LogP contribution in [0.5, 0.6) is 5.75 Å². The topological polar surface area (TPSA) is 47.9 Å². The zero-order valence-electron chi connectivity index (χ0n) is 12.0. The van der Waals surface area contributed by atoms with Gasteiger partial charge in [0.25, 0.3) is 0 Å². The van der Waals surface area contributed by atoms with E-state index in [0.717, 1.165) is 5.75 Å². The molecule has 0 heterocycles. The van der Waals surface area contributed by atoms with Gasteiger partial charge in [0.2, 0.25) is 0 Å². The van der Waals surface area contributed by atoms with E-state index in [-0.39, 0.29) is 6.61 Å². The van der Waals surface area contributed by atoms with E-state index in [4.69, 9.17) is 19.3 Å². The van der Waals surface area contributed by atoms with E-state index < -0.39 is 0 Å². The summed E-state index contributed by atoms with van der Waals surface area (Å²) in [6, 6.07) is 9.62. The Kier molecular flexibility index (Phi) is 14.1. The van der Waals surface area contributed by atoms with Crippen molar-refractivity contribution in [2.24, 2.45) is 0 Å². The molecule has 0 fully saturated rings. The first-order valence-electron chi connectivity index (χ1n) is 6.79. The molecule has 0 aromatic heterocycles. The van der Waals surface area contributed by atoms with Crippen LogP contribution in [0.2, 0.25) is 0 Å². The van der Waals surface area contributed by atoms with Gasteiger partial charge in [-0.2, -0.15) is 0 Å². The molecule has 4 nitrogen and oxygen atoms in total. The molecule has 1 aromatic rings. The maximum absolute atomic E-state index is 8.45. The average Bonchev–Trinajstić information content (AvgIpc) is 2.44. The Morgan fingerprint density at radius 1 is 0.842 bits per heavy atom. The van der Waals surface area contributed by atoms with Gasteiger partial charge >= 0.3 is 0 Å². The second-order valence-electron chi connectivity index (χ2n) is 3.82. The van der Waals surface area contributed by atoms with Crippen LogP contribution in [-0.4, -0.2) is 44.7 Å². The standard InChI is InChI=1S/C12H18O4.C3H8/c13-6-7-14-8-9-15-10-11-16-12-4-2-1-3-5-12;1-3-2/h1-5,13H,6-11H2;3H2,1-2H3. The Morgan fingerprint density at radius 2 is 1.37 bits per heavy atom. The highest BCUT2D eigenvalue weighted by Crippen LogP contribution is 2.07. The van der Waals surface area contributed by atoms with Crippen LogP contribution in [0.3, 0.4) is 0 Å². The number of para-hydroxylation sites is 1. The van der Waals surface area contributed by atoms with Crippen molar-refractivity contribution in [3.63, 3.8) is 0 Å². The van der Waals surface area contributed by atoms with E-state index in [0.29, 0.717) is 33.0 Å². The summed E-state index contributed by atoms with van der Waals surface area (Å²) in [6.07, 6.45) is 1.25. The minimum Gasteiger partial charge on any atom is -0.491 e. The molecular weight excluding hydrogens is 244 g/mol. The summed E-state index contributed by atoms with van der Waals surface area (Å²) in [6.45, 7) is 6.77. The molecule has 1 rings (SSSR count). The molecule has 0 saturated carbocycles. The van der Waals surface area contributed by atoms with Crippen LogP contribution in [0.25, 0.3) is 0 Å². The van der Waals surface area contributed by atoms with E-state index in [9.17, 15) is 0 Å². The predicted molar refractivity (Wildman–Crippen MR) is 76.6 cm³/mol.